The molecule has 1 saturated carbocycles. The fourth-order valence-corrected chi connectivity index (χ4v) is 1.61. The van der Waals surface area contributed by atoms with Crippen LogP contribution in [0.5, 0.6) is 0 Å². The number of carbonyl (C=O) groups is 2. The standard InChI is InChI=1S/C11H17O4/c1-2-10(12)14-8-11(13)15-9-6-4-3-5-7-9/h9H,1-8H2. The van der Waals surface area contributed by atoms with Crippen LogP contribution in [0.4, 0.5) is 0 Å². The van der Waals surface area contributed by atoms with E-state index in [1.54, 1.807) is 0 Å². The molecule has 1 aliphatic carbocycles. The summed E-state index contributed by atoms with van der Waals surface area (Å²) in [6.07, 6.45) is 5.34. The van der Waals surface area contributed by atoms with Crippen LogP contribution in [0.3, 0.4) is 0 Å². The fourth-order valence-electron chi connectivity index (χ4n) is 1.61. The van der Waals surface area contributed by atoms with E-state index in [2.05, 4.69) is 11.7 Å². The van der Waals surface area contributed by atoms with Crippen LogP contribution in [0.1, 0.15) is 38.5 Å². The first-order chi connectivity index (χ1) is 7.22. The molecule has 1 aliphatic rings. The van der Waals surface area contributed by atoms with Crippen molar-refractivity contribution in [1.82, 2.24) is 0 Å². The van der Waals surface area contributed by atoms with Gasteiger partial charge in [-0.05, 0) is 32.6 Å². The van der Waals surface area contributed by atoms with Crippen LogP contribution >= 0.6 is 0 Å². The van der Waals surface area contributed by atoms with Gasteiger partial charge in [-0.1, -0.05) is 6.42 Å². The first-order valence-electron chi connectivity index (χ1n) is 5.36. The second-order valence-electron chi connectivity index (χ2n) is 3.66. The summed E-state index contributed by atoms with van der Waals surface area (Å²) in [6.45, 7) is 3.07. The molecule has 0 spiro atoms. The molecule has 0 aliphatic heterocycles. The van der Waals surface area contributed by atoms with E-state index in [0.29, 0.717) is 0 Å². The molecule has 4 nitrogen and oxygen atoms in total. The Labute approximate surface area is 89.9 Å². The highest BCUT2D eigenvalue weighted by atomic mass is 16.6. The molecule has 0 aromatic rings. The van der Waals surface area contributed by atoms with E-state index in [1.807, 2.05) is 0 Å². The number of hydrogen-bond donors (Lipinski definition) is 0. The van der Waals surface area contributed by atoms with Crippen molar-refractivity contribution in [2.45, 2.75) is 44.6 Å². The van der Waals surface area contributed by atoms with Gasteiger partial charge in [-0.15, -0.1) is 0 Å². The van der Waals surface area contributed by atoms with Gasteiger partial charge >= 0.3 is 11.9 Å². The molecule has 0 unspecified atom stereocenters. The smallest absolute Gasteiger partial charge is 0.344 e. The summed E-state index contributed by atoms with van der Waals surface area (Å²) < 4.78 is 9.77. The number of rotatable bonds is 4. The largest absolute Gasteiger partial charge is 0.460 e. The maximum atomic E-state index is 11.2. The first-order valence-corrected chi connectivity index (χ1v) is 5.36. The number of hydrogen-bond acceptors (Lipinski definition) is 4. The van der Waals surface area contributed by atoms with E-state index in [-0.39, 0.29) is 19.1 Å². The third-order valence-electron chi connectivity index (χ3n) is 2.41. The van der Waals surface area contributed by atoms with Crippen molar-refractivity contribution in [2.75, 3.05) is 6.61 Å². The van der Waals surface area contributed by atoms with Crippen molar-refractivity contribution >= 4 is 11.9 Å². The summed E-state index contributed by atoms with van der Waals surface area (Å²) in [5.41, 5.74) is 0. The Morgan fingerprint density at radius 3 is 2.40 bits per heavy atom. The van der Waals surface area contributed by atoms with Crippen LogP contribution in [0, 0.1) is 6.92 Å². The number of esters is 2. The molecule has 0 N–H and O–H groups in total. The predicted octanol–water partition coefficient (Wildman–Crippen LogP) is 1.63. The molecular formula is C11H17O4. The molecule has 0 bridgehead atoms. The van der Waals surface area contributed by atoms with Gasteiger partial charge in [-0.3, -0.25) is 4.79 Å². The Morgan fingerprint density at radius 1 is 1.13 bits per heavy atom. The monoisotopic (exact) mass is 213 g/mol. The minimum Gasteiger partial charge on any atom is -0.460 e. The molecule has 0 atom stereocenters. The lowest BCUT2D eigenvalue weighted by molar-refractivity contribution is -0.162. The highest BCUT2D eigenvalue weighted by Gasteiger charge is 2.18. The van der Waals surface area contributed by atoms with Gasteiger partial charge in [-0.2, -0.15) is 0 Å². The summed E-state index contributed by atoms with van der Waals surface area (Å²) in [5.74, 6) is -0.931. The third kappa shape index (κ3) is 4.81. The maximum absolute atomic E-state index is 11.2. The molecule has 4 heteroatoms. The quantitative estimate of drug-likeness (QED) is 0.666. The summed E-state index contributed by atoms with van der Waals surface area (Å²) in [7, 11) is 0. The van der Waals surface area contributed by atoms with E-state index < -0.39 is 11.9 Å². The lowest BCUT2D eigenvalue weighted by Crippen LogP contribution is -2.24. The van der Waals surface area contributed by atoms with E-state index in [1.165, 1.54) is 6.42 Å². The zero-order valence-electron chi connectivity index (χ0n) is 8.87. The van der Waals surface area contributed by atoms with Crippen LogP contribution in [-0.4, -0.2) is 24.6 Å². The normalized spacial score (nSPS) is 17.1. The minimum atomic E-state index is -0.476. The molecule has 0 amide bonds. The Balaban J connectivity index is 2.14. The molecule has 0 heterocycles. The van der Waals surface area contributed by atoms with Crippen molar-refractivity contribution in [2.24, 2.45) is 0 Å². The Morgan fingerprint density at radius 2 is 1.80 bits per heavy atom. The molecule has 1 fully saturated rings. The minimum absolute atomic E-state index is 0.0182. The number of ether oxygens (including phenoxy) is 2. The van der Waals surface area contributed by atoms with Gasteiger partial charge in [0.25, 0.3) is 0 Å². The fraction of sp³-hybridized carbons (Fsp3) is 0.727. The molecule has 1 rings (SSSR count). The Bertz CT molecular complexity index is 219. The van der Waals surface area contributed by atoms with Gasteiger partial charge in [0, 0.05) is 6.42 Å². The highest BCUT2D eigenvalue weighted by Crippen LogP contribution is 2.20. The van der Waals surface area contributed by atoms with Gasteiger partial charge < -0.3 is 9.47 Å². The second-order valence-corrected chi connectivity index (χ2v) is 3.66. The third-order valence-corrected chi connectivity index (χ3v) is 2.41. The van der Waals surface area contributed by atoms with Crippen molar-refractivity contribution in [3.05, 3.63) is 6.92 Å². The first kappa shape index (κ1) is 12.0. The summed E-state index contributed by atoms with van der Waals surface area (Å²) in [6, 6.07) is 0. The second kappa shape index (κ2) is 6.43. The van der Waals surface area contributed by atoms with Crippen molar-refractivity contribution in [1.29, 1.82) is 0 Å². The van der Waals surface area contributed by atoms with Crippen LogP contribution < -0.4 is 0 Å². The average Bonchev–Trinajstić information content (AvgIpc) is 2.27. The van der Waals surface area contributed by atoms with Gasteiger partial charge in [0.15, 0.2) is 6.61 Å². The van der Waals surface area contributed by atoms with Crippen molar-refractivity contribution in [3.63, 3.8) is 0 Å². The summed E-state index contributed by atoms with van der Waals surface area (Å²) in [4.78, 5) is 21.9. The molecule has 0 saturated heterocycles. The molecule has 15 heavy (non-hydrogen) atoms. The zero-order chi connectivity index (χ0) is 11.1. The zero-order valence-corrected chi connectivity index (χ0v) is 8.87. The van der Waals surface area contributed by atoms with Crippen LogP contribution in [0.25, 0.3) is 0 Å². The van der Waals surface area contributed by atoms with Crippen LogP contribution in [-0.2, 0) is 19.1 Å². The molecule has 85 valence electrons. The Hall–Kier alpha value is -1.06. The molecule has 0 aromatic heterocycles. The highest BCUT2D eigenvalue weighted by molar-refractivity contribution is 5.76. The summed E-state index contributed by atoms with van der Waals surface area (Å²) >= 11 is 0. The maximum Gasteiger partial charge on any atom is 0.344 e. The summed E-state index contributed by atoms with van der Waals surface area (Å²) in [5, 5.41) is 0. The van der Waals surface area contributed by atoms with E-state index in [9.17, 15) is 9.59 Å². The van der Waals surface area contributed by atoms with Gasteiger partial charge in [0.2, 0.25) is 0 Å². The van der Waals surface area contributed by atoms with E-state index >= 15 is 0 Å². The lowest BCUT2D eigenvalue weighted by Gasteiger charge is -2.21. The van der Waals surface area contributed by atoms with Gasteiger partial charge in [0.05, 0.1) is 0 Å². The van der Waals surface area contributed by atoms with Crippen LogP contribution in [0.15, 0.2) is 0 Å². The van der Waals surface area contributed by atoms with E-state index in [4.69, 9.17) is 4.74 Å². The topological polar surface area (TPSA) is 52.6 Å². The van der Waals surface area contributed by atoms with E-state index in [0.717, 1.165) is 25.7 Å². The lowest BCUT2D eigenvalue weighted by atomic mass is 9.98. The number of carbonyl (C=O) groups excluding carboxylic acids is 2. The molecule has 1 radical (unpaired) electrons. The predicted molar refractivity (Wildman–Crippen MR) is 53.9 cm³/mol. The SMILES string of the molecule is [CH2]CC(=O)OCC(=O)OC1CCCCC1. The van der Waals surface area contributed by atoms with Crippen molar-refractivity contribution < 1.29 is 19.1 Å². The molecular weight excluding hydrogens is 196 g/mol. The van der Waals surface area contributed by atoms with Gasteiger partial charge in [-0.25, -0.2) is 4.79 Å². The van der Waals surface area contributed by atoms with Crippen molar-refractivity contribution in [3.8, 4) is 0 Å². The van der Waals surface area contributed by atoms with Gasteiger partial charge in [0.1, 0.15) is 6.10 Å². The average molecular weight is 213 g/mol. The van der Waals surface area contributed by atoms with Crippen LogP contribution in [0.2, 0.25) is 0 Å². The Kier molecular flexibility index (Phi) is 5.15. The molecule has 0 aromatic carbocycles.